The van der Waals surface area contributed by atoms with Gasteiger partial charge in [0.15, 0.2) is 9.84 Å². The minimum atomic E-state index is -3.73. The van der Waals surface area contributed by atoms with Crippen LogP contribution in [-0.2, 0) is 26.9 Å². The molecule has 0 aliphatic heterocycles. The first-order valence-corrected chi connectivity index (χ1v) is 9.84. The summed E-state index contributed by atoms with van der Waals surface area (Å²) in [6, 6.07) is 10.1. The molecular weight excluding hydrogens is 388 g/mol. The van der Waals surface area contributed by atoms with Crippen molar-refractivity contribution in [2.24, 2.45) is 0 Å². The molecule has 0 heterocycles. The zero-order valence-corrected chi connectivity index (χ0v) is 15.6. The lowest BCUT2D eigenvalue weighted by molar-refractivity contribution is -0.120. The predicted octanol–water partition coefficient (Wildman–Crippen LogP) is 3.75. The Morgan fingerprint density at radius 2 is 1.68 bits per heavy atom. The maximum atomic E-state index is 12.8. The molecule has 0 spiro atoms. The third kappa shape index (κ3) is 5.42. The van der Waals surface area contributed by atoms with Crippen LogP contribution in [0.5, 0.6) is 0 Å². The van der Waals surface area contributed by atoms with E-state index < -0.39 is 21.0 Å². The van der Waals surface area contributed by atoms with Gasteiger partial charge in [0.2, 0.25) is 5.91 Å². The Labute approximate surface area is 155 Å². The maximum absolute atomic E-state index is 12.8. The largest absolute Gasteiger partial charge is 0.351 e. The smallest absolute Gasteiger partial charge is 0.238 e. The number of halogens is 3. The standard InChI is InChI=1S/C17H16Cl2FNO3S/c1-11(17(22)21-9-12-2-5-14(20)6-3-12)25(23,24)10-13-4-7-15(18)16(19)8-13/h2-8,11H,9-10H2,1H3,(H,21,22). The van der Waals surface area contributed by atoms with Crippen LogP contribution >= 0.6 is 23.2 Å². The fourth-order valence-electron chi connectivity index (χ4n) is 2.08. The summed E-state index contributed by atoms with van der Waals surface area (Å²) >= 11 is 11.7. The zero-order valence-electron chi connectivity index (χ0n) is 13.3. The first-order valence-electron chi connectivity index (χ1n) is 7.36. The number of sulfone groups is 1. The van der Waals surface area contributed by atoms with Crippen LogP contribution in [0.1, 0.15) is 18.1 Å². The molecular formula is C17H16Cl2FNO3S. The maximum Gasteiger partial charge on any atom is 0.238 e. The van der Waals surface area contributed by atoms with Crippen molar-refractivity contribution < 1.29 is 17.6 Å². The minimum absolute atomic E-state index is 0.117. The topological polar surface area (TPSA) is 63.2 Å². The van der Waals surface area contributed by atoms with Crippen LogP contribution in [0.2, 0.25) is 10.0 Å². The quantitative estimate of drug-likeness (QED) is 0.798. The molecule has 0 aromatic heterocycles. The van der Waals surface area contributed by atoms with Crippen LogP contribution in [-0.4, -0.2) is 19.6 Å². The molecule has 2 aromatic carbocycles. The summed E-state index contributed by atoms with van der Waals surface area (Å²) < 4.78 is 37.7. The van der Waals surface area contributed by atoms with Crippen LogP contribution in [0.15, 0.2) is 42.5 Å². The Bertz CT molecular complexity index is 870. The van der Waals surface area contributed by atoms with Crippen LogP contribution in [0.25, 0.3) is 0 Å². The molecule has 1 N–H and O–H groups in total. The third-order valence-electron chi connectivity index (χ3n) is 3.64. The lowest BCUT2D eigenvalue weighted by Gasteiger charge is -2.14. The first-order chi connectivity index (χ1) is 11.7. The SMILES string of the molecule is CC(C(=O)NCc1ccc(F)cc1)S(=O)(=O)Cc1ccc(Cl)c(Cl)c1. The summed E-state index contributed by atoms with van der Waals surface area (Å²) in [5.41, 5.74) is 1.12. The Hall–Kier alpha value is -1.63. The van der Waals surface area contributed by atoms with Gasteiger partial charge in [-0.05, 0) is 42.3 Å². The number of amides is 1. The highest BCUT2D eigenvalue weighted by Gasteiger charge is 2.28. The Balaban J connectivity index is 2.01. The number of rotatable bonds is 6. The molecule has 1 amide bonds. The number of nitrogens with one attached hydrogen (secondary N) is 1. The highest BCUT2D eigenvalue weighted by molar-refractivity contribution is 7.92. The van der Waals surface area contributed by atoms with Gasteiger partial charge < -0.3 is 5.32 Å². The van der Waals surface area contributed by atoms with Gasteiger partial charge in [-0.1, -0.05) is 41.4 Å². The third-order valence-corrected chi connectivity index (χ3v) is 6.41. The molecule has 0 aliphatic carbocycles. The molecule has 0 radical (unpaired) electrons. The average Bonchev–Trinajstić information content (AvgIpc) is 2.56. The van der Waals surface area contributed by atoms with E-state index in [1.54, 1.807) is 6.07 Å². The van der Waals surface area contributed by atoms with Crippen molar-refractivity contribution >= 4 is 38.9 Å². The van der Waals surface area contributed by atoms with Crippen molar-refractivity contribution in [1.82, 2.24) is 5.32 Å². The minimum Gasteiger partial charge on any atom is -0.351 e. The fraction of sp³-hybridized carbons (Fsp3) is 0.235. The summed E-state index contributed by atoms with van der Waals surface area (Å²) in [6.45, 7) is 1.44. The highest BCUT2D eigenvalue weighted by Crippen LogP contribution is 2.24. The number of hydrogen-bond acceptors (Lipinski definition) is 3. The van der Waals surface area contributed by atoms with E-state index in [0.717, 1.165) is 0 Å². The van der Waals surface area contributed by atoms with Crippen LogP contribution in [0.3, 0.4) is 0 Å². The van der Waals surface area contributed by atoms with Crippen molar-refractivity contribution in [3.05, 3.63) is 69.5 Å². The van der Waals surface area contributed by atoms with Gasteiger partial charge >= 0.3 is 0 Å². The lowest BCUT2D eigenvalue weighted by atomic mass is 10.2. The van der Waals surface area contributed by atoms with Crippen molar-refractivity contribution in [2.75, 3.05) is 0 Å². The molecule has 1 unspecified atom stereocenters. The molecule has 2 rings (SSSR count). The average molecular weight is 404 g/mol. The fourth-order valence-corrected chi connectivity index (χ4v) is 3.71. The van der Waals surface area contributed by atoms with Crippen LogP contribution in [0.4, 0.5) is 4.39 Å². The van der Waals surface area contributed by atoms with Gasteiger partial charge in [0.25, 0.3) is 0 Å². The molecule has 2 aromatic rings. The first kappa shape index (κ1) is 19.7. The summed E-state index contributed by atoms with van der Waals surface area (Å²) in [6.07, 6.45) is 0. The number of benzene rings is 2. The molecule has 8 heteroatoms. The van der Waals surface area contributed by atoms with E-state index in [-0.39, 0.29) is 23.1 Å². The van der Waals surface area contributed by atoms with Crippen LogP contribution < -0.4 is 5.32 Å². The second-order valence-electron chi connectivity index (χ2n) is 5.54. The van der Waals surface area contributed by atoms with E-state index in [9.17, 15) is 17.6 Å². The summed E-state index contributed by atoms with van der Waals surface area (Å²) in [5.74, 6) is -1.33. The Kier molecular flexibility index (Phi) is 6.43. The molecule has 0 saturated carbocycles. The van der Waals surface area contributed by atoms with Gasteiger partial charge in [-0.2, -0.15) is 0 Å². The van der Waals surface area contributed by atoms with Gasteiger partial charge in [-0.25, -0.2) is 12.8 Å². The number of carbonyl (C=O) groups is 1. The lowest BCUT2D eigenvalue weighted by Crippen LogP contribution is -2.38. The molecule has 0 saturated heterocycles. The molecule has 0 aliphatic rings. The van der Waals surface area contributed by atoms with Crippen LogP contribution in [0, 0.1) is 5.82 Å². The monoisotopic (exact) mass is 403 g/mol. The van der Waals surface area contributed by atoms with Crippen molar-refractivity contribution in [3.8, 4) is 0 Å². The molecule has 1 atom stereocenters. The van der Waals surface area contributed by atoms with Crippen molar-refractivity contribution in [1.29, 1.82) is 0 Å². The van der Waals surface area contributed by atoms with Gasteiger partial charge in [0.05, 0.1) is 15.8 Å². The number of hydrogen-bond donors (Lipinski definition) is 1. The zero-order chi connectivity index (χ0) is 18.6. The van der Waals surface area contributed by atoms with E-state index >= 15 is 0 Å². The van der Waals surface area contributed by atoms with E-state index in [4.69, 9.17) is 23.2 Å². The summed E-state index contributed by atoms with van der Waals surface area (Å²) in [4.78, 5) is 12.1. The highest BCUT2D eigenvalue weighted by atomic mass is 35.5. The molecule has 0 fully saturated rings. The predicted molar refractivity (Wildman–Crippen MR) is 96.8 cm³/mol. The summed E-state index contributed by atoms with van der Waals surface area (Å²) in [7, 11) is -3.73. The van der Waals surface area contributed by atoms with E-state index in [0.29, 0.717) is 16.1 Å². The van der Waals surface area contributed by atoms with Crippen molar-refractivity contribution in [2.45, 2.75) is 24.5 Å². The second-order valence-corrected chi connectivity index (χ2v) is 8.68. The normalized spacial score (nSPS) is 12.6. The van der Waals surface area contributed by atoms with Gasteiger partial charge in [-0.15, -0.1) is 0 Å². The van der Waals surface area contributed by atoms with E-state index in [1.807, 2.05) is 0 Å². The summed E-state index contributed by atoms with van der Waals surface area (Å²) in [5, 5.41) is 1.89. The Morgan fingerprint density at radius 3 is 2.28 bits per heavy atom. The van der Waals surface area contributed by atoms with E-state index in [1.165, 1.54) is 43.3 Å². The Morgan fingerprint density at radius 1 is 1.08 bits per heavy atom. The van der Waals surface area contributed by atoms with Gasteiger partial charge in [0.1, 0.15) is 11.1 Å². The number of carbonyl (C=O) groups excluding carboxylic acids is 1. The van der Waals surface area contributed by atoms with Gasteiger partial charge in [-0.3, -0.25) is 4.79 Å². The second kappa shape index (κ2) is 8.17. The van der Waals surface area contributed by atoms with E-state index in [2.05, 4.69) is 5.32 Å². The molecule has 0 bridgehead atoms. The van der Waals surface area contributed by atoms with Gasteiger partial charge in [0, 0.05) is 6.54 Å². The molecule has 4 nitrogen and oxygen atoms in total. The van der Waals surface area contributed by atoms with Crippen molar-refractivity contribution in [3.63, 3.8) is 0 Å². The molecule has 134 valence electrons. The molecule has 25 heavy (non-hydrogen) atoms.